The molecule has 11 heteroatoms. The number of phenolic OH excluding ortho intramolecular Hbond substituents is 2. The van der Waals surface area contributed by atoms with Gasteiger partial charge in [0.15, 0.2) is 0 Å². The zero-order valence-corrected chi connectivity index (χ0v) is 29.1. The van der Waals surface area contributed by atoms with Crippen LogP contribution in [0.3, 0.4) is 0 Å². The van der Waals surface area contributed by atoms with Crippen LogP contribution in [0.15, 0.2) is 77.9 Å². The summed E-state index contributed by atoms with van der Waals surface area (Å²) in [6.07, 6.45) is 11.8. The van der Waals surface area contributed by atoms with Gasteiger partial charge in [-0.25, -0.2) is 10.2 Å². The highest BCUT2D eigenvalue weighted by Crippen LogP contribution is 2.22. The molecule has 50 heavy (non-hydrogen) atoms. The Kier molecular flexibility index (Phi) is 17.4. The van der Waals surface area contributed by atoms with Crippen LogP contribution in [0.1, 0.15) is 111 Å². The number of nitrogens with one attached hydrogen (secondary N) is 2. The highest BCUT2D eigenvalue weighted by atomic mass is 16.3. The number of unbranched alkanes of at least 4 members (excludes halogenated alkanes) is 8. The Morgan fingerprint density at radius 1 is 0.800 bits per heavy atom. The summed E-state index contributed by atoms with van der Waals surface area (Å²) in [4.78, 5) is 38.2. The largest absolute Gasteiger partial charge is 0.508 e. The number of hydrogen-bond acceptors (Lipinski definition) is 7. The van der Waals surface area contributed by atoms with Gasteiger partial charge in [0.1, 0.15) is 11.5 Å². The molecule has 2 atom stereocenters. The molecule has 0 aromatic heterocycles. The van der Waals surface area contributed by atoms with Crippen molar-refractivity contribution in [3.63, 3.8) is 0 Å². The summed E-state index contributed by atoms with van der Waals surface area (Å²) in [5, 5.41) is 36.8. The Hall–Kier alpha value is -4.90. The maximum atomic E-state index is 13.4. The number of nitrogens with zero attached hydrogens (tertiary/aromatic N) is 2. The first-order valence-electron chi connectivity index (χ1n) is 17.6. The Balaban J connectivity index is 1.29. The summed E-state index contributed by atoms with van der Waals surface area (Å²) < 4.78 is 0. The van der Waals surface area contributed by atoms with Crippen LogP contribution in [0, 0.1) is 0 Å². The lowest BCUT2D eigenvalue weighted by molar-refractivity contribution is -0.135. The van der Waals surface area contributed by atoms with Gasteiger partial charge < -0.3 is 31.3 Å². The first kappa shape index (κ1) is 39.5. The van der Waals surface area contributed by atoms with Crippen LogP contribution in [0.4, 0.5) is 4.79 Å². The lowest BCUT2D eigenvalue weighted by Crippen LogP contribution is -2.41. The Morgan fingerprint density at radius 3 is 1.96 bits per heavy atom. The van der Waals surface area contributed by atoms with E-state index in [1.165, 1.54) is 18.3 Å². The zero-order valence-electron chi connectivity index (χ0n) is 29.1. The van der Waals surface area contributed by atoms with E-state index in [0.29, 0.717) is 24.1 Å². The highest BCUT2D eigenvalue weighted by Gasteiger charge is 2.23. The molecule has 0 saturated heterocycles. The number of aromatic hydroxyl groups is 2. The van der Waals surface area contributed by atoms with Crippen molar-refractivity contribution in [1.82, 2.24) is 15.6 Å². The molecular formula is C39H53N5O6. The second-order valence-electron chi connectivity index (χ2n) is 12.8. The summed E-state index contributed by atoms with van der Waals surface area (Å²) in [6.45, 7) is 2.82. The summed E-state index contributed by atoms with van der Waals surface area (Å²) >= 11 is 0. The molecule has 3 aromatic rings. The van der Waals surface area contributed by atoms with Gasteiger partial charge in [-0.05, 0) is 85.7 Å². The van der Waals surface area contributed by atoms with E-state index in [0.717, 1.165) is 81.8 Å². The van der Waals surface area contributed by atoms with Crippen LogP contribution in [0.5, 0.6) is 11.5 Å². The first-order chi connectivity index (χ1) is 24.1. The molecule has 0 radical (unpaired) electrons. The van der Waals surface area contributed by atoms with E-state index in [2.05, 4.69) is 15.8 Å². The van der Waals surface area contributed by atoms with Crippen molar-refractivity contribution in [2.75, 3.05) is 13.1 Å². The van der Waals surface area contributed by atoms with Crippen molar-refractivity contribution in [2.24, 2.45) is 10.8 Å². The number of phenols is 2. The highest BCUT2D eigenvalue weighted by molar-refractivity contribution is 5.95. The van der Waals surface area contributed by atoms with Crippen LogP contribution in [0.25, 0.3) is 0 Å². The molecule has 0 bridgehead atoms. The van der Waals surface area contributed by atoms with E-state index >= 15 is 0 Å². The number of nitrogens with two attached hydrogens (primary N) is 1. The number of carbonyl (C=O) groups excluding carboxylic acids is 3. The number of urea groups is 1. The number of rotatable bonds is 22. The molecule has 4 amide bonds. The molecule has 0 fully saturated rings. The number of aliphatic hydroxyl groups is 1. The van der Waals surface area contributed by atoms with Crippen molar-refractivity contribution >= 4 is 24.1 Å². The van der Waals surface area contributed by atoms with Gasteiger partial charge in [-0.1, -0.05) is 81.3 Å². The summed E-state index contributed by atoms with van der Waals surface area (Å²) in [5.41, 5.74) is 10.1. The second kappa shape index (κ2) is 21.9. The van der Waals surface area contributed by atoms with E-state index in [4.69, 9.17) is 5.73 Å². The monoisotopic (exact) mass is 687 g/mol. The van der Waals surface area contributed by atoms with Crippen molar-refractivity contribution in [1.29, 1.82) is 0 Å². The van der Waals surface area contributed by atoms with Gasteiger partial charge in [-0.15, -0.1) is 0 Å². The predicted molar refractivity (Wildman–Crippen MR) is 196 cm³/mol. The van der Waals surface area contributed by atoms with Crippen LogP contribution >= 0.6 is 0 Å². The summed E-state index contributed by atoms with van der Waals surface area (Å²) in [5.74, 6) is 0.264. The third kappa shape index (κ3) is 15.1. The van der Waals surface area contributed by atoms with Crippen molar-refractivity contribution in [3.05, 3.63) is 95.1 Å². The Bertz CT molecular complexity index is 1480. The van der Waals surface area contributed by atoms with E-state index in [1.807, 2.05) is 19.1 Å². The Labute approximate surface area is 295 Å². The lowest BCUT2D eigenvalue weighted by atomic mass is 10.0. The number of aliphatic hydroxyl groups excluding tert-OH is 1. The maximum absolute atomic E-state index is 13.4. The summed E-state index contributed by atoms with van der Waals surface area (Å²) in [6, 6.07) is 19.6. The molecule has 0 aliphatic rings. The van der Waals surface area contributed by atoms with Gasteiger partial charge in [0.2, 0.25) is 5.91 Å². The van der Waals surface area contributed by atoms with Crippen molar-refractivity contribution < 1.29 is 29.7 Å². The third-order valence-corrected chi connectivity index (χ3v) is 8.70. The molecule has 0 spiro atoms. The molecule has 7 N–H and O–H groups in total. The minimum atomic E-state index is -0.856. The smallest absolute Gasteiger partial charge is 0.332 e. The minimum absolute atomic E-state index is 0.0363. The minimum Gasteiger partial charge on any atom is -0.508 e. The molecule has 0 heterocycles. The average molecular weight is 688 g/mol. The second-order valence-corrected chi connectivity index (χ2v) is 12.8. The normalized spacial score (nSPS) is 12.4. The quantitative estimate of drug-likeness (QED) is 0.0409. The number of carbonyl (C=O) groups is 3. The van der Waals surface area contributed by atoms with Gasteiger partial charge in [-0.3, -0.25) is 9.59 Å². The number of hydrogen-bond donors (Lipinski definition) is 6. The molecule has 11 nitrogen and oxygen atoms in total. The fraction of sp³-hybridized carbons (Fsp3) is 0.436. The lowest BCUT2D eigenvalue weighted by Gasteiger charge is -2.32. The van der Waals surface area contributed by atoms with E-state index < -0.39 is 12.1 Å². The van der Waals surface area contributed by atoms with Gasteiger partial charge in [0, 0.05) is 24.6 Å². The topological polar surface area (TPSA) is 178 Å². The standard InChI is InChI=1S/C39H53N5O6/c1-29(12-13-30-16-22-34(45)23-17-30)44(28-36(47)32-20-24-35(46)25-21-32)37(48)11-9-7-5-3-2-4-6-8-10-26-41-38(49)33-18-14-31(15-19-33)27-42-43-39(40)50/h14-25,27,29,36,45-47H,2-13,26,28H2,1H3,(H,41,49)(H3,40,43,50)/b42-27+. The van der Waals surface area contributed by atoms with Gasteiger partial charge >= 0.3 is 6.03 Å². The van der Waals surface area contributed by atoms with Crippen LogP contribution in [0.2, 0.25) is 0 Å². The van der Waals surface area contributed by atoms with Crippen LogP contribution in [-0.4, -0.2) is 63.4 Å². The van der Waals surface area contributed by atoms with E-state index in [9.17, 15) is 29.7 Å². The number of aryl methyl sites for hydroxylation is 1. The third-order valence-electron chi connectivity index (χ3n) is 8.70. The maximum Gasteiger partial charge on any atom is 0.332 e. The fourth-order valence-electron chi connectivity index (χ4n) is 5.69. The fourth-order valence-corrected chi connectivity index (χ4v) is 5.69. The summed E-state index contributed by atoms with van der Waals surface area (Å²) in [7, 11) is 0. The number of benzene rings is 3. The molecular weight excluding hydrogens is 634 g/mol. The van der Waals surface area contributed by atoms with Gasteiger partial charge in [0.05, 0.1) is 18.9 Å². The van der Waals surface area contributed by atoms with E-state index in [-0.39, 0.29) is 35.9 Å². The van der Waals surface area contributed by atoms with Gasteiger partial charge in [0.25, 0.3) is 5.91 Å². The molecule has 2 unspecified atom stereocenters. The molecule has 0 aliphatic carbocycles. The van der Waals surface area contributed by atoms with Crippen molar-refractivity contribution in [2.45, 2.75) is 96.1 Å². The van der Waals surface area contributed by atoms with Crippen molar-refractivity contribution in [3.8, 4) is 11.5 Å². The Morgan fingerprint density at radius 2 is 1.36 bits per heavy atom. The predicted octanol–water partition coefficient (Wildman–Crippen LogP) is 6.31. The van der Waals surface area contributed by atoms with Crippen LogP contribution in [-0.2, 0) is 11.2 Å². The molecule has 0 saturated carbocycles. The number of amides is 4. The molecule has 3 aromatic carbocycles. The SMILES string of the molecule is CC(CCc1ccc(O)cc1)N(CC(O)c1ccc(O)cc1)C(=O)CCCCCCCCCCCNC(=O)c1ccc(/C=N/NC(N)=O)cc1. The van der Waals surface area contributed by atoms with Gasteiger partial charge in [-0.2, -0.15) is 5.10 Å². The van der Waals surface area contributed by atoms with E-state index in [1.54, 1.807) is 53.4 Å². The number of hydrazone groups is 1. The molecule has 0 aliphatic heterocycles. The molecule has 270 valence electrons. The average Bonchev–Trinajstić information content (AvgIpc) is 3.10. The zero-order chi connectivity index (χ0) is 36.1. The molecule has 3 rings (SSSR count). The van der Waals surface area contributed by atoms with Crippen LogP contribution < -0.4 is 16.5 Å². The number of primary amides is 1. The first-order valence-corrected chi connectivity index (χ1v) is 17.6.